The van der Waals surface area contributed by atoms with E-state index < -0.39 is 12.0 Å². The molecular weight excluding hydrogens is 294 g/mol. The first-order chi connectivity index (χ1) is 11.0. The van der Waals surface area contributed by atoms with Gasteiger partial charge in [0.05, 0.1) is 5.71 Å². The molecule has 124 valence electrons. The van der Waals surface area contributed by atoms with Crippen LogP contribution in [0.4, 0.5) is 0 Å². The Bertz CT molecular complexity index is 592. The predicted molar refractivity (Wildman–Crippen MR) is 87.5 cm³/mol. The standard InChI is InChI=1S/C18H23NO4/c1-3-4-5-6-16(22)18(12(2)20)17-11-15(19-23-17)13-7-9-14(21)10-8-13/h7-10,17-18,21H,3-6,11H2,1-2H3. The van der Waals surface area contributed by atoms with Crippen molar-refractivity contribution in [1.29, 1.82) is 0 Å². The van der Waals surface area contributed by atoms with Crippen LogP contribution in [0.2, 0.25) is 0 Å². The SMILES string of the molecule is CCCCCC(=O)C(C(C)=O)C1CC(c2ccc(O)cc2)=NO1. The highest BCUT2D eigenvalue weighted by molar-refractivity contribution is 6.05. The van der Waals surface area contributed by atoms with Crippen molar-refractivity contribution in [1.82, 2.24) is 0 Å². The van der Waals surface area contributed by atoms with Crippen LogP contribution in [0.25, 0.3) is 0 Å². The maximum atomic E-state index is 12.3. The van der Waals surface area contributed by atoms with E-state index in [-0.39, 0.29) is 17.3 Å². The molecule has 0 fully saturated rings. The molecule has 2 atom stereocenters. The smallest absolute Gasteiger partial charge is 0.149 e. The van der Waals surface area contributed by atoms with Gasteiger partial charge in [-0.2, -0.15) is 0 Å². The lowest BCUT2D eigenvalue weighted by molar-refractivity contribution is -0.137. The summed E-state index contributed by atoms with van der Waals surface area (Å²) in [7, 11) is 0. The molecule has 0 amide bonds. The molecule has 0 saturated carbocycles. The minimum absolute atomic E-state index is 0.0573. The van der Waals surface area contributed by atoms with E-state index in [1.54, 1.807) is 24.3 Å². The molecule has 1 aromatic rings. The van der Waals surface area contributed by atoms with Gasteiger partial charge < -0.3 is 9.94 Å². The maximum Gasteiger partial charge on any atom is 0.149 e. The molecule has 0 spiro atoms. The van der Waals surface area contributed by atoms with E-state index in [2.05, 4.69) is 12.1 Å². The molecule has 5 nitrogen and oxygen atoms in total. The average molecular weight is 317 g/mol. The zero-order valence-electron chi connectivity index (χ0n) is 13.6. The number of rotatable bonds is 8. The molecule has 2 rings (SSSR count). The molecule has 1 N–H and O–H groups in total. The van der Waals surface area contributed by atoms with Gasteiger partial charge in [0.25, 0.3) is 0 Å². The Balaban J connectivity index is 2.01. The van der Waals surface area contributed by atoms with Crippen molar-refractivity contribution in [3.63, 3.8) is 0 Å². The quantitative estimate of drug-likeness (QED) is 0.590. The normalized spacial score (nSPS) is 18.2. The Hall–Kier alpha value is -2.17. The number of phenols is 1. The largest absolute Gasteiger partial charge is 0.508 e. The fourth-order valence-electron chi connectivity index (χ4n) is 2.80. The highest BCUT2D eigenvalue weighted by atomic mass is 16.6. The number of ketones is 2. The number of Topliss-reactive ketones (excluding diaryl/α,β-unsaturated/α-hetero) is 2. The third-order valence-electron chi connectivity index (χ3n) is 4.08. The number of hydrogen-bond donors (Lipinski definition) is 1. The molecule has 0 bridgehead atoms. The summed E-state index contributed by atoms with van der Waals surface area (Å²) in [5.74, 6) is -0.792. The summed E-state index contributed by atoms with van der Waals surface area (Å²) in [6.45, 7) is 3.51. The van der Waals surface area contributed by atoms with E-state index >= 15 is 0 Å². The van der Waals surface area contributed by atoms with Crippen LogP contribution in [0.1, 0.15) is 51.5 Å². The van der Waals surface area contributed by atoms with E-state index in [9.17, 15) is 14.7 Å². The topological polar surface area (TPSA) is 76.0 Å². The summed E-state index contributed by atoms with van der Waals surface area (Å²) in [4.78, 5) is 29.6. The fourth-order valence-corrected chi connectivity index (χ4v) is 2.80. The molecule has 0 radical (unpaired) electrons. The van der Waals surface area contributed by atoms with Crippen molar-refractivity contribution in [3.8, 4) is 5.75 Å². The Labute approximate surface area is 136 Å². The van der Waals surface area contributed by atoms with Gasteiger partial charge in [0.1, 0.15) is 29.3 Å². The van der Waals surface area contributed by atoms with E-state index in [0.29, 0.717) is 18.6 Å². The van der Waals surface area contributed by atoms with Gasteiger partial charge in [-0.3, -0.25) is 9.59 Å². The van der Waals surface area contributed by atoms with Crippen LogP contribution >= 0.6 is 0 Å². The van der Waals surface area contributed by atoms with Gasteiger partial charge >= 0.3 is 0 Å². The molecule has 1 aliphatic rings. The predicted octanol–water partition coefficient (Wildman–Crippen LogP) is 3.24. The highest BCUT2D eigenvalue weighted by Gasteiger charge is 2.37. The molecule has 0 aliphatic carbocycles. The van der Waals surface area contributed by atoms with Gasteiger partial charge in [-0.1, -0.05) is 24.9 Å². The van der Waals surface area contributed by atoms with Crippen LogP contribution in [0, 0.1) is 5.92 Å². The number of carbonyl (C=O) groups excluding carboxylic acids is 2. The summed E-state index contributed by atoms with van der Waals surface area (Å²) in [6.07, 6.45) is 3.13. The Morgan fingerprint density at radius 1 is 1.30 bits per heavy atom. The molecule has 1 heterocycles. The second-order valence-corrected chi connectivity index (χ2v) is 5.94. The van der Waals surface area contributed by atoms with Gasteiger partial charge in [0.2, 0.25) is 0 Å². The maximum absolute atomic E-state index is 12.3. The van der Waals surface area contributed by atoms with Gasteiger partial charge in [0.15, 0.2) is 0 Å². The van der Waals surface area contributed by atoms with E-state index in [0.717, 1.165) is 24.8 Å². The van der Waals surface area contributed by atoms with E-state index in [1.165, 1.54) is 6.92 Å². The van der Waals surface area contributed by atoms with E-state index in [4.69, 9.17) is 4.84 Å². The molecule has 0 saturated heterocycles. The summed E-state index contributed by atoms with van der Waals surface area (Å²) < 4.78 is 0. The third-order valence-corrected chi connectivity index (χ3v) is 4.08. The molecule has 0 aromatic heterocycles. The number of oxime groups is 1. The van der Waals surface area contributed by atoms with Crippen molar-refractivity contribution in [3.05, 3.63) is 29.8 Å². The lowest BCUT2D eigenvalue weighted by Crippen LogP contribution is -2.34. The van der Waals surface area contributed by atoms with Crippen LogP contribution in [0.3, 0.4) is 0 Å². The van der Waals surface area contributed by atoms with Crippen molar-refractivity contribution in [2.24, 2.45) is 11.1 Å². The Morgan fingerprint density at radius 3 is 2.61 bits per heavy atom. The van der Waals surface area contributed by atoms with Gasteiger partial charge in [-0.25, -0.2) is 0 Å². The lowest BCUT2D eigenvalue weighted by atomic mass is 9.87. The van der Waals surface area contributed by atoms with Crippen LogP contribution in [-0.2, 0) is 14.4 Å². The van der Waals surface area contributed by atoms with Gasteiger partial charge in [0, 0.05) is 12.8 Å². The third kappa shape index (κ3) is 4.41. The summed E-state index contributed by atoms with van der Waals surface area (Å²) in [5.41, 5.74) is 1.52. The Kier molecular flexibility index (Phi) is 5.90. The highest BCUT2D eigenvalue weighted by Crippen LogP contribution is 2.26. The molecule has 2 unspecified atom stereocenters. The Morgan fingerprint density at radius 2 is 2.00 bits per heavy atom. The van der Waals surface area contributed by atoms with Gasteiger partial charge in [-0.15, -0.1) is 0 Å². The average Bonchev–Trinajstić information content (AvgIpc) is 2.97. The number of hydrogen-bond acceptors (Lipinski definition) is 5. The molecule has 1 aliphatic heterocycles. The number of phenolic OH excluding ortho intramolecular Hbond substituents is 1. The molecule has 1 aromatic carbocycles. The second kappa shape index (κ2) is 7.90. The van der Waals surface area contributed by atoms with Crippen LogP contribution in [0.15, 0.2) is 29.4 Å². The first kappa shape index (κ1) is 17.2. The van der Waals surface area contributed by atoms with E-state index in [1.807, 2.05) is 0 Å². The van der Waals surface area contributed by atoms with Crippen molar-refractivity contribution >= 4 is 17.3 Å². The van der Waals surface area contributed by atoms with Crippen molar-refractivity contribution in [2.45, 2.75) is 52.1 Å². The van der Waals surface area contributed by atoms with Gasteiger partial charge in [-0.05, 0) is 43.2 Å². The summed E-state index contributed by atoms with van der Waals surface area (Å²) >= 11 is 0. The number of benzene rings is 1. The minimum Gasteiger partial charge on any atom is -0.508 e. The summed E-state index contributed by atoms with van der Waals surface area (Å²) in [5, 5.41) is 13.4. The first-order valence-electron chi connectivity index (χ1n) is 8.08. The zero-order chi connectivity index (χ0) is 16.8. The number of aromatic hydroxyl groups is 1. The molecule has 5 heteroatoms. The minimum atomic E-state index is -0.745. The monoisotopic (exact) mass is 317 g/mol. The lowest BCUT2D eigenvalue weighted by Gasteiger charge is -2.17. The van der Waals surface area contributed by atoms with Crippen LogP contribution in [-0.4, -0.2) is 28.5 Å². The summed E-state index contributed by atoms with van der Waals surface area (Å²) in [6, 6.07) is 6.63. The van der Waals surface area contributed by atoms with Crippen LogP contribution in [0.5, 0.6) is 5.75 Å². The first-order valence-corrected chi connectivity index (χ1v) is 8.08. The number of unbranched alkanes of at least 4 members (excludes halogenated alkanes) is 2. The van der Waals surface area contributed by atoms with Crippen LogP contribution < -0.4 is 0 Å². The fraction of sp³-hybridized carbons (Fsp3) is 0.500. The number of nitrogens with zero attached hydrogens (tertiary/aromatic N) is 1. The van der Waals surface area contributed by atoms with Crippen molar-refractivity contribution < 1.29 is 19.5 Å². The number of carbonyl (C=O) groups is 2. The zero-order valence-corrected chi connectivity index (χ0v) is 13.6. The molecule has 23 heavy (non-hydrogen) atoms. The van der Waals surface area contributed by atoms with Crippen molar-refractivity contribution in [2.75, 3.05) is 0 Å². The molecular formula is C18H23NO4. The second-order valence-electron chi connectivity index (χ2n) is 5.94.